The first-order valence-electron chi connectivity index (χ1n) is 6.59. The number of nitrogens with one attached hydrogen (secondary N) is 1. The number of aryl methyl sites for hydroxylation is 1. The summed E-state index contributed by atoms with van der Waals surface area (Å²) in [6.45, 7) is 4.83. The summed E-state index contributed by atoms with van der Waals surface area (Å²) in [5, 5.41) is 1.16. The second-order valence-corrected chi connectivity index (χ2v) is 7.37. The van der Waals surface area contributed by atoms with Crippen LogP contribution in [0.2, 0.25) is 0 Å². The van der Waals surface area contributed by atoms with Gasteiger partial charge >= 0.3 is 0 Å². The molecule has 0 amide bonds. The maximum absolute atomic E-state index is 12.0. The van der Waals surface area contributed by atoms with Crippen molar-refractivity contribution < 1.29 is 8.42 Å². The highest BCUT2D eigenvalue weighted by atomic mass is 32.2. The molecule has 0 spiro atoms. The Hall–Kier alpha value is -1.33. The number of hydrogen-bond donors (Lipinski definition) is 1. The van der Waals surface area contributed by atoms with Crippen LogP contribution in [0, 0.1) is 6.92 Å². The lowest BCUT2D eigenvalue weighted by Crippen LogP contribution is -2.36. The number of rotatable bonds is 2. The normalized spacial score (nSPS) is 16.7. The predicted molar refractivity (Wildman–Crippen MR) is 76.6 cm³/mol. The molecule has 102 valence electrons. The van der Waals surface area contributed by atoms with Crippen molar-refractivity contribution in [1.29, 1.82) is 0 Å². The molecule has 0 bridgehead atoms. The fraction of sp³-hybridized carbons (Fsp3) is 0.429. The molecule has 0 atom stereocenters. The molecule has 1 aromatic carbocycles. The number of hydrogen-bond acceptors (Lipinski definition) is 2. The van der Waals surface area contributed by atoms with Gasteiger partial charge in [-0.1, -0.05) is 11.6 Å². The van der Waals surface area contributed by atoms with E-state index in [1.807, 2.05) is 0 Å². The van der Waals surface area contributed by atoms with Crippen LogP contribution in [0.3, 0.4) is 0 Å². The third-order valence-corrected chi connectivity index (χ3v) is 5.68. The highest BCUT2D eigenvalue weighted by Gasteiger charge is 2.27. The van der Waals surface area contributed by atoms with E-state index in [9.17, 15) is 8.42 Å². The number of sulfonamides is 1. The number of aromatic nitrogens is 1. The number of aromatic amines is 1. The van der Waals surface area contributed by atoms with Crippen molar-refractivity contribution in [3.05, 3.63) is 35.0 Å². The molecule has 1 aliphatic heterocycles. The average molecular weight is 278 g/mol. The molecule has 1 aliphatic rings. The third kappa shape index (κ3) is 2.07. The van der Waals surface area contributed by atoms with Gasteiger partial charge in [0.15, 0.2) is 0 Å². The summed E-state index contributed by atoms with van der Waals surface area (Å²) in [6, 6.07) is 6.28. The van der Waals surface area contributed by atoms with E-state index in [0.29, 0.717) is 13.1 Å². The van der Waals surface area contributed by atoms with E-state index < -0.39 is 10.0 Å². The van der Waals surface area contributed by atoms with E-state index in [0.717, 1.165) is 22.9 Å². The Bertz CT molecular complexity index is 731. The van der Waals surface area contributed by atoms with Gasteiger partial charge in [-0.05, 0) is 31.5 Å². The fourth-order valence-corrected chi connectivity index (χ4v) is 3.78. The minimum absolute atomic E-state index is 0.170. The smallest absolute Gasteiger partial charge is 0.214 e. The molecular weight excluding hydrogens is 260 g/mol. The summed E-state index contributed by atoms with van der Waals surface area (Å²) in [6.07, 6.45) is 0.766. The molecule has 1 N–H and O–H groups in total. The van der Waals surface area contributed by atoms with Crippen molar-refractivity contribution in [1.82, 2.24) is 9.29 Å². The number of H-pyrrole nitrogens is 1. The van der Waals surface area contributed by atoms with E-state index in [1.54, 1.807) is 11.2 Å². The van der Waals surface area contributed by atoms with Crippen LogP contribution in [0.1, 0.15) is 23.7 Å². The van der Waals surface area contributed by atoms with E-state index >= 15 is 0 Å². The largest absolute Gasteiger partial charge is 0.358 e. The lowest BCUT2D eigenvalue weighted by atomic mass is 10.0. The van der Waals surface area contributed by atoms with E-state index in [-0.39, 0.29) is 5.75 Å². The molecule has 0 saturated carbocycles. The van der Waals surface area contributed by atoms with Crippen molar-refractivity contribution in [2.45, 2.75) is 26.8 Å². The van der Waals surface area contributed by atoms with Crippen LogP contribution in [0.15, 0.2) is 18.2 Å². The Morgan fingerprint density at radius 3 is 2.89 bits per heavy atom. The van der Waals surface area contributed by atoms with Gasteiger partial charge in [0, 0.05) is 36.1 Å². The van der Waals surface area contributed by atoms with Crippen LogP contribution in [0.5, 0.6) is 0 Å². The topological polar surface area (TPSA) is 53.2 Å². The summed E-state index contributed by atoms with van der Waals surface area (Å²) < 4.78 is 25.6. The fourth-order valence-electron chi connectivity index (χ4n) is 2.72. The Labute approximate surface area is 113 Å². The summed E-state index contributed by atoms with van der Waals surface area (Å²) in [5.74, 6) is 0.170. The number of nitrogens with zero attached hydrogens (tertiary/aromatic N) is 1. The summed E-state index contributed by atoms with van der Waals surface area (Å²) in [7, 11) is -3.10. The van der Waals surface area contributed by atoms with Gasteiger partial charge in [0.25, 0.3) is 0 Å². The Kier molecular flexibility index (Phi) is 2.91. The molecule has 0 radical (unpaired) electrons. The van der Waals surface area contributed by atoms with Crippen molar-refractivity contribution in [2.24, 2.45) is 0 Å². The Morgan fingerprint density at radius 2 is 2.16 bits per heavy atom. The van der Waals surface area contributed by atoms with Crippen LogP contribution < -0.4 is 0 Å². The lowest BCUT2D eigenvalue weighted by molar-refractivity contribution is 0.392. The predicted octanol–water partition coefficient (Wildman–Crippen LogP) is 2.18. The zero-order chi connectivity index (χ0) is 13.6. The summed E-state index contributed by atoms with van der Waals surface area (Å²) in [5.41, 5.74) is 4.63. The molecule has 19 heavy (non-hydrogen) atoms. The highest BCUT2D eigenvalue weighted by Crippen LogP contribution is 2.29. The minimum atomic E-state index is -3.10. The van der Waals surface area contributed by atoms with E-state index in [2.05, 4.69) is 30.1 Å². The zero-order valence-corrected chi connectivity index (χ0v) is 12.0. The molecular formula is C14H18N2O2S. The van der Waals surface area contributed by atoms with Crippen LogP contribution >= 0.6 is 0 Å². The molecule has 0 saturated heterocycles. The van der Waals surface area contributed by atoms with Gasteiger partial charge in [-0.2, -0.15) is 4.31 Å². The molecule has 0 unspecified atom stereocenters. The first-order chi connectivity index (χ1) is 9.01. The molecule has 4 nitrogen and oxygen atoms in total. The average Bonchev–Trinajstić information content (AvgIpc) is 2.76. The second kappa shape index (κ2) is 4.35. The van der Waals surface area contributed by atoms with Gasteiger partial charge in [0.2, 0.25) is 10.0 Å². The van der Waals surface area contributed by atoms with E-state index in [1.165, 1.54) is 11.3 Å². The first-order valence-corrected chi connectivity index (χ1v) is 8.20. The van der Waals surface area contributed by atoms with Crippen LogP contribution in [-0.2, 0) is 23.0 Å². The van der Waals surface area contributed by atoms with Crippen molar-refractivity contribution in [3.8, 4) is 0 Å². The quantitative estimate of drug-likeness (QED) is 0.915. The molecule has 2 aromatic rings. The van der Waals surface area contributed by atoms with Gasteiger partial charge < -0.3 is 4.98 Å². The maximum Gasteiger partial charge on any atom is 0.214 e. The Balaban J connectivity index is 2.09. The van der Waals surface area contributed by atoms with Crippen LogP contribution in [0.4, 0.5) is 0 Å². The molecule has 5 heteroatoms. The van der Waals surface area contributed by atoms with Crippen LogP contribution in [-0.4, -0.2) is 30.0 Å². The standard InChI is InChI=1S/C14H18N2O2S/c1-3-19(17,18)16-7-6-14-12(9-16)11-8-10(2)4-5-13(11)15-14/h4-5,8,15H,3,6-7,9H2,1-2H3. The van der Waals surface area contributed by atoms with Gasteiger partial charge in [-0.3, -0.25) is 0 Å². The molecule has 0 fully saturated rings. The first kappa shape index (κ1) is 12.7. The Morgan fingerprint density at radius 1 is 1.37 bits per heavy atom. The molecule has 2 heterocycles. The van der Waals surface area contributed by atoms with Crippen LogP contribution in [0.25, 0.3) is 10.9 Å². The van der Waals surface area contributed by atoms with Gasteiger partial charge in [-0.25, -0.2) is 8.42 Å². The van der Waals surface area contributed by atoms with Crippen molar-refractivity contribution >= 4 is 20.9 Å². The maximum atomic E-state index is 12.0. The molecule has 3 rings (SSSR count). The zero-order valence-electron chi connectivity index (χ0n) is 11.2. The highest BCUT2D eigenvalue weighted by molar-refractivity contribution is 7.89. The molecule has 1 aromatic heterocycles. The lowest BCUT2D eigenvalue weighted by Gasteiger charge is -2.25. The summed E-state index contributed by atoms with van der Waals surface area (Å²) in [4.78, 5) is 3.41. The minimum Gasteiger partial charge on any atom is -0.358 e. The van der Waals surface area contributed by atoms with E-state index in [4.69, 9.17) is 0 Å². The summed E-state index contributed by atoms with van der Waals surface area (Å²) >= 11 is 0. The van der Waals surface area contributed by atoms with Crippen molar-refractivity contribution in [3.63, 3.8) is 0 Å². The van der Waals surface area contributed by atoms with Gasteiger partial charge in [0.05, 0.1) is 5.75 Å². The third-order valence-electron chi connectivity index (χ3n) is 3.85. The molecule has 0 aliphatic carbocycles. The number of fused-ring (bicyclic) bond motifs is 3. The monoisotopic (exact) mass is 278 g/mol. The van der Waals surface area contributed by atoms with Crippen molar-refractivity contribution in [2.75, 3.05) is 12.3 Å². The second-order valence-electron chi connectivity index (χ2n) is 5.12. The number of benzene rings is 1. The van der Waals surface area contributed by atoms with Gasteiger partial charge in [0.1, 0.15) is 0 Å². The van der Waals surface area contributed by atoms with Gasteiger partial charge in [-0.15, -0.1) is 0 Å². The SMILES string of the molecule is CCS(=O)(=O)N1CCc2[nH]c3ccc(C)cc3c2C1.